The highest BCUT2D eigenvalue weighted by atomic mass is 16.2. The summed E-state index contributed by atoms with van der Waals surface area (Å²) in [6.07, 6.45) is 9.74. The topological polar surface area (TPSA) is 75.4 Å². The normalized spacial score (nSPS) is 21.5. The van der Waals surface area contributed by atoms with Gasteiger partial charge < -0.3 is 16.0 Å². The Labute approximate surface area is 155 Å². The molecule has 1 atom stereocenters. The molecule has 2 aliphatic rings. The van der Waals surface area contributed by atoms with E-state index in [1.807, 2.05) is 12.1 Å². The number of carbonyl (C=O) groups is 2. The van der Waals surface area contributed by atoms with Gasteiger partial charge in [-0.05, 0) is 69.3 Å². The molecular formula is C21H29N3O2. The molecule has 2 amide bonds. The Bertz CT molecular complexity index is 646. The highest BCUT2D eigenvalue weighted by molar-refractivity contribution is 5.92. The van der Waals surface area contributed by atoms with Crippen molar-refractivity contribution in [2.75, 3.05) is 25.0 Å². The minimum atomic E-state index is -0.161. The van der Waals surface area contributed by atoms with Gasteiger partial charge in [-0.1, -0.05) is 24.3 Å². The highest BCUT2D eigenvalue weighted by Crippen LogP contribution is 2.21. The molecule has 0 spiro atoms. The van der Waals surface area contributed by atoms with Crippen LogP contribution in [-0.4, -0.2) is 36.3 Å². The van der Waals surface area contributed by atoms with Gasteiger partial charge in [-0.15, -0.1) is 0 Å². The summed E-state index contributed by atoms with van der Waals surface area (Å²) in [6, 6.07) is 8.16. The van der Waals surface area contributed by atoms with Crippen molar-refractivity contribution < 1.29 is 9.59 Å². The van der Waals surface area contributed by atoms with Crippen LogP contribution in [0, 0.1) is 11.8 Å². The van der Waals surface area contributed by atoms with Crippen molar-refractivity contribution in [2.24, 2.45) is 17.6 Å². The number of benzene rings is 1. The zero-order valence-electron chi connectivity index (χ0n) is 15.3. The summed E-state index contributed by atoms with van der Waals surface area (Å²) in [6.45, 7) is 2.88. The second-order valence-corrected chi connectivity index (χ2v) is 7.44. The largest absolute Gasteiger partial charge is 0.369 e. The number of likely N-dealkylation sites (tertiary alicyclic amines) is 1. The van der Waals surface area contributed by atoms with Crippen LogP contribution in [-0.2, 0) is 16.0 Å². The van der Waals surface area contributed by atoms with Gasteiger partial charge in [0.25, 0.3) is 0 Å². The molecule has 0 aromatic heterocycles. The molecule has 1 saturated heterocycles. The molecule has 1 aliphatic heterocycles. The van der Waals surface area contributed by atoms with E-state index in [0.29, 0.717) is 0 Å². The maximum atomic E-state index is 12.3. The molecule has 3 N–H and O–H groups in total. The van der Waals surface area contributed by atoms with Crippen molar-refractivity contribution in [3.8, 4) is 0 Å². The Balaban J connectivity index is 1.42. The van der Waals surface area contributed by atoms with Crippen LogP contribution in [0.3, 0.4) is 0 Å². The van der Waals surface area contributed by atoms with E-state index in [-0.39, 0.29) is 23.7 Å². The molecule has 0 bridgehead atoms. The average molecular weight is 355 g/mol. The fourth-order valence-electron chi connectivity index (χ4n) is 3.76. The monoisotopic (exact) mass is 355 g/mol. The van der Waals surface area contributed by atoms with E-state index in [9.17, 15) is 9.59 Å². The molecule has 5 heteroatoms. The first-order valence-electron chi connectivity index (χ1n) is 9.68. The number of amides is 2. The van der Waals surface area contributed by atoms with Crippen molar-refractivity contribution in [3.63, 3.8) is 0 Å². The quantitative estimate of drug-likeness (QED) is 0.771. The number of nitrogens with two attached hydrogens (primary N) is 1. The molecule has 1 aromatic rings. The summed E-state index contributed by atoms with van der Waals surface area (Å²) in [7, 11) is 0. The number of nitrogens with zero attached hydrogens (tertiary/aromatic N) is 1. The summed E-state index contributed by atoms with van der Waals surface area (Å²) >= 11 is 0. The van der Waals surface area contributed by atoms with Gasteiger partial charge >= 0.3 is 0 Å². The molecule has 140 valence electrons. The third kappa shape index (κ3) is 5.18. The van der Waals surface area contributed by atoms with Gasteiger partial charge in [0.15, 0.2) is 0 Å². The summed E-state index contributed by atoms with van der Waals surface area (Å²) in [5.41, 5.74) is 7.52. The SMILES string of the molecule is NC(=O)C1CCN(CCc2ccc(NC(=O)[C@@H]3CC=CCC3)cc2)CC1. The van der Waals surface area contributed by atoms with Gasteiger partial charge in [0.05, 0.1) is 0 Å². The smallest absolute Gasteiger partial charge is 0.227 e. The fraction of sp³-hybridized carbons (Fsp3) is 0.524. The van der Waals surface area contributed by atoms with E-state index in [0.717, 1.165) is 63.8 Å². The van der Waals surface area contributed by atoms with Crippen molar-refractivity contribution in [2.45, 2.75) is 38.5 Å². The van der Waals surface area contributed by atoms with Crippen LogP contribution in [0.2, 0.25) is 0 Å². The Morgan fingerprint density at radius 3 is 2.38 bits per heavy atom. The summed E-state index contributed by atoms with van der Waals surface area (Å²) in [5, 5.41) is 3.03. The zero-order valence-corrected chi connectivity index (χ0v) is 15.3. The minimum absolute atomic E-state index is 0.0498. The molecular weight excluding hydrogens is 326 g/mol. The maximum Gasteiger partial charge on any atom is 0.227 e. The van der Waals surface area contributed by atoms with Crippen LogP contribution in [0.4, 0.5) is 5.69 Å². The lowest BCUT2D eigenvalue weighted by atomic mass is 9.93. The molecule has 26 heavy (non-hydrogen) atoms. The number of carbonyl (C=O) groups excluding carboxylic acids is 2. The number of nitrogens with one attached hydrogen (secondary N) is 1. The molecule has 0 saturated carbocycles. The predicted octanol–water partition coefficient (Wildman–Crippen LogP) is 2.72. The molecule has 0 unspecified atom stereocenters. The van der Waals surface area contributed by atoms with E-state index in [1.165, 1.54) is 5.56 Å². The maximum absolute atomic E-state index is 12.3. The second kappa shape index (κ2) is 8.99. The first-order valence-corrected chi connectivity index (χ1v) is 9.68. The van der Waals surface area contributed by atoms with Gasteiger partial charge in [-0.3, -0.25) is 9.59 Å². The molecule has 1 aromatic carbocycles. The number of rotatable bonds is 6. The zero-order chi connectivity index (χ0) is 18.4. The van der Waals surface area contributed by atoms with E-state index in [2.05, 4.69) is 34.5 Å². The molecule has 0 radical (unpaired) electrons. The minimum Gasteiger partial charge on any atom is -0.369 e. The van der Waals surface area contributed by atoms with Crippen LogP contribution in [0.15, 0.2) is 36.4 Å². The Kier molecular flexibility index (Phi) is 6.45. The standard InChI is InChI=1S/C21H29N3O2/c22-20(25)17-11-14-24(15-12-17)13-10-16-6-8-19(9-7-16)23-21(26)18-4-2-1-3-5-18/h1-2,6-9,17-18H,3-5,10-15H2,(H2,22,25)(H,23,26)/t18-/m1/s1. The van der Waals surface area contributed by atoms with Crippen LogP contribution in [0.5, 0.6) is 0 Å². The highest BCUT2D eigenvalue weighted by Gasteiger charge is 2.22. The lowest BCUT2D eigenvalue weighted by molar-refractivity contribution is -0.123. The van der Waals surface area contributed by atoms with Crippen LogP contribution in [0.25, 0.3) is 0 Å². The Morgan fingerprint density at radius 1 is 1.04 bits per heavy atom. The molecule has 1 fully saturated rings. The molecule has 1 heterocycles. The number of hydrogen-bond acceptors (Lipinski definition) is 3. The van der Waals surface area contributed by atoms with E-state index in [1.54, 1.807) is 0 Å². The van der Waals surface area contributed by atoms with Crippen LogP contribution in [0.1, 0.15) is 37.7 Å². The first-order chi connectivity index (χ1) is 12.6. The number of hydrogen-bond donors (Lipinski definition) is 2. The molecule has 5 nitrogen and oxygen atoms in total. The Morgan fingerprint density at radius 2 is 1.77 bits per heavy atom. The number of anilines is 1. The number of piperidine rings is 1. The molecule has 3 rings (SSSR count). The number of primary amides is 1. The van der Waals surface area contributed by atoms with Gasteiger partial charge in [0, 0.05) is 24.1 Å². The van der Waals surface area contributed by atoms with Crippen molar-refractivity contribution >= 4 is 17.5 Å². The van der Waals surface area contributed by atoms with E-state index in [4.69, 9.17) is 5.73 Å². The van der Waals surface area contributed by atoms with Crippen LogP contribution < -0.4 is 11.1 Å². The lowest BCUT2D eigenvalue weighted by Gasteiger charge is -2.30. The van der Waals surface area contributed by atoms with Gasteiger partial charge in [-0.25, -0.2) is 0 Å². The second-order valence-electron chi connectivity index (χ2n) is 7.44. The summed E-state index contributed by atoms with van der Waals surface area (Å²) < 4.78 is 0. The van der Waals surface area contributed by atoms with Crippen molar-refractivity contribution in [3.05, 3.63) is 42.0 Å². The number of allylic oxidation sites excluding steroid dienone is 2. The Hall–Kier alpha value is -2.14. The van der Waals surface area contributed by atoms with Gasteiger partial charge in [0.1, 0.15) is 0 Å². The van der Waals surface area contributed by atoms with Crippen molar-refractivity contribution in [1.82, 2.24) is 4.90 Å². The lowest BCUT2D eigenvalue weighted by Crippen LogP contribution is -2.39. The average Bonchev–Trinajstić information content (AvgIpc) is 2.68. The van der Waals surface area contributed by atoms with E-state index >= 15 is 0 Å². The molecule has 1 aliphatic carbocycles. The van der Waals surface area contributed by atoms with E-state index < -0.39 is 0 Å². The van der Waals surface area contributed by atoms with Gasteiger partial charge in [0.2, 0.25) is 11.8 Å². The third-order valence-corrected chi connectivity index (χ3v) is 5.57. The first kappa shape index (κ1) is 18.6. The third-order valence-electron chi connectivity index (χ3n) is 5.57. The fourth-order valence-corrected chi connectivity index (χ4v) is 3.76. The summed E-state index contributed by atoms with van der Waals surface area (Å²) in [5.74, 6) is 0.114. The summed E-state index contributed by atoms with van der Waals surface area (Å²) in [4.78, 5) is 25.9. The van der Waals surface area contributed by atoms with Crippen molar-refractivity contribution in [1.29, 1.82) is 0 Å². The predicted molar refractivity (Wildman–Crippen MR) is 104 cm³/mol. The van der Waals surface area contributed by atoms with Gasteiger partial charge in [-0.2, -0.15) is 0 Å². The van der Waals surface area contributed by atoms with Crippen LogP contribution >= 0.6 is 0 Å².